The molecule has 3 aromatic rings. The molecule has 1 atom stereocenters. The van der Waals surface area contributed by atoms with Crippen LogP contribution in [-0.4, -0.2) is 48.9 Å². The van der Waals surface area contributed by atoms with E-state index in [1.807, 2.05) is 0 Å². The largest absolute Gasteiger partial charge is 0.477 e. The van der Waals surface area contributed by atoms with Crippen molar-refractivity contribution < 1.29 is 19.5 Å². The molecule has 2 aromatic heterocycles. The number of benzene rings is 1. The highest BCUT2D eigenvalue weighted by molar-refractivity contribution is 6.34. The lowest BCUT2D eigenvalue weighted by Crippen LogP contribution is -2.35. The molecule has 0 fully saturated rings. The van der Waals surface area contributed by atoms with Gasteiger partial charge in [0, 0.05) is 23.4 Å². The smallest absolute Gasteiger partial charge is 0.354 e. The number of carboxylic acid groups (broad SMARTS) is 1. The maximum Gasteiger partial charge on any atom is 0.354 e. The predicted molar refractivity (Wildman–Crippen MR) is 107 cm³/mol. The Labute approximate surface area is 175 Å². The highest BCUT2D eigenvalue weighted by Crippen LogP contribution is 2.18. The zero-order valence-corrected chi connectivity index (χ0v) is 16.5. The third-order valence-corrected chi connectivity index (χ3v) is 4.46. The summed E-state index contributed by atoms with van der Waals surface area (Å²) < 4.78 is 1.53. The second-order valence-electron chi connectivity index (χ2n) is 6.49. The number of hydrogen-bond donors (Lipinski definition) is 3. The number of carbonyl (C=O) groups excluding carboxylic acids is 2. The Bertz CT molecular complexity index is 1130. The average molecular weight is 429 g/mol. The van der Waals surface area contributed by atoms with Gasteiger partial charge in [-0.3, -0.25) is 9.59 Å². The van der Waals surface area contributed by atoms with Gasteiger partial charge in [-0.1, -0.05) is 16.8 Å². The number of aromatic carboxylic acids is 1. The van der Waals surface area contributed by atoms with Crippen LogP contribution in [0.1, 0.15) is 38.1 Å². The van der Waals surface area contributed by atoms with Gasteiger partial charge in [0.2, 0.25) is 5.91 Å². The summed E-state index contributed by atoms with van der Waals surface area (Å²) in [5, 5.41) is 20.0. The lowest BCUT2D eigenvalue weighted by molar-refractivity contribution is 0.0690. The summed E-state index contributed by atoms with van der Waals surface area (Å²) >= 11 is 5.98. The molecule has 0 aliphatic rings. The minimum atomic E-state index is -1.13. The third kappa shape index (κ3) is 4.78. The summed E-state index contributed by atoms with van der Waals surface area (Å²) in [4.78, 5) is 38.5. The van der Waals surface area contributed by atoms with Crippen molar-refractivity contribution in [2.24, 2.45) is 5.73 Å². The first-order valence-electron chi connectivity index (χ1n) is 8.74. The Balaban J connectivity index is 1.66. The molecular weight excluding hydrogens is 412 g/mol. The van der Waals surface area contributed by atoms with Gasteiger partial charge in [0.05, 0.1) is 23.3 Å². The molecule has 30 heavy (non-hydrogen) atoms. The number of rotatable bonds is 7. The molecule has 0 aliphatic carbocycles. The van der Waals surface area contributed by atoms with Gasteiger partial charge in [-0.25, -0.2) is 14.5 Å². The van der Waals surface area contributed by atoms with Crippen LogP contribution in [0.3, 0.4) is 0 Å². The van der Waals surface area contributed by atoms with Gasteiger partial charge in [0.15, 0.2) is 0 Å². The number of nitrogens with one attached hydrogen (secondary N) is 1. The first-order valence-corrected chi connectivity index (χ1v) is 9.12. The Kier molecular flexibility index (Phi) is 6.07. The van der Waals surface area contributed by atoms with Gasteiger partial charge in [0.25, 0.3) is 5.91 Å². The van der Waals surface area contributed by atoms with Gasteiger partial charge in [-0.15, -0.1) is 5.10 Å². The fourth-order valence-corrected chi connectivity index (χ4v) is 2.99. The molecule has 0 spiro atoms. The van der Waals surface area contributed by atoms with Crippen LogP contribution in [0.5, 0.6) is 0 Å². The molecule has 2 heterocycles. The molecule has 154 valence electrons. The number of nitrogens with zero attached hydrogens (tertiary/aromatic N) is 4. The molecule has 0 bridgehead atoms. The number of amides is 2. The van der Waals surface area contributed by atoms with Crippen LogP contribution < -0.4 is 11.1 Å². The van der Waals surface area contributed by atoms with E-state index < -0.39 is 11.9 Å². The Morgan fingerprint density at radius 3 is 2.70 bits per heavy atom. The number of carbonyl (C=O) groups is 3. The highest BCUT2D eigenvalue weighted by atomic mass is 35.5. The van der Waals surface area contributed by atoms with Gasteiger partial charge >= 0.3 is 5.97 Å². The number of aromatic nitrogens is 4. The number of primary amides is 1. The summed E-state index contributed by atoms with van der Waals surface area (Å²) in [5.74, 6) is -2.18. The minimum absolute atomic E-state index is 0.0938. The van der Waals surface area contributed by atoms with Crippen molar-refractivity contribution in [1.82, 2.24) is 25.3 Å². The Morgan fingerprint density at radius 1 is 1.27 bits per heavy atom. The first kappa shape index (κ1) is 20.9. The number of halogens is 1. The molecule has 0 unspecified atom stereocenters. The molecule has 0 saturated carbocycles. The highest BCUT2D eigenvalue weighted by Gasteiger charge is 2.15. The number of hydrogen-bond acceptors (Lipinski definition) is 6. The average Bonchev–Trinajstić information content (AvgIpc) is 3.15. The minimum Gasteiger partial charge on any atom is -0.477 e. The SMILES string of the molecule is C[C@@H](Cn1cc(-c2ccnc(C(=O)O)c2)nn1)NC(=O)c1ccc(C(N)=O)c(Cl)c1. The second-order valence-corrected chi connectivity index (χ2v) is 6.90. The first-order chi connectivity index (χ1) is 14.2. The normalized spacial score (nSPS) is 11.7. The molecule has 2 amide bonds. The number of nitrogens with two attached hydrogens (primary N) is 1. The van der Waals surface area contributed by atoms with Crippen molar-refractivity contribution in [1.29, 1.82) is 0 Å². The zero-order valence-electron chi connectivity index (χ0n) is 15.7. The van der Waals surface area contributed by atoms with Gasteiger partial charge < -0.3 is 16.2 Å². The van der Waals surface area contributed by atoms with Gasteiger partial charge in [-0.2, -0.15) is 0 Å². The van der Waals surface area contributed by atoms with Crippen LogP contribution in [-0.2, 0) is 6.54 Å². The molecular formula is C19H17ClN6O4. The van der Waals surface area contributed by atoms with Crippen LogP contribution in [0, 0.1) is 0 Å². The number of carboxylic acids is 1. The fraction of sp³-hybridized carbons (Fsp3) is 0.158. The molecule has 0 saturated heterocycles. The summed E-state index contributed by atoms with van der Waals surface area (Å²) in [7, 11) is 0. The lowest BCUT2D eigenvalue weighted by Gasteiger charge is -2.14. The summed E-state index contributed by atoms with van der Waals surface area (Å²) in [6.45, 7) is 2.11. The fourth-order valence-electron chi connectivity index (χ4n) is 2.72. The quantitative estimate of drug-likeness (QED) is 0.516. The van der Waals surface area contributed by atoms with Crippen LogP contribution in [0.2, 0.25) is 5.02 Å². The maximum atomic E-state index is 12.4. The van der Waals surface area contributed by atoms with E-state index in [2.05, 4.69) is 20.6 Å². The van der Waals surface area contributed by atoms with E-state index >= 15 is 0 Å². The van der Waals surface area contributed by atoms with Crippen LogP contribution >= 0.6 is 11.6 Å². The van der Waals surface area contributed by atoms with E-state index in [-0.39, 0.29) is 33.8 Å². The monoisotopic (exact) mass is 428 g/mol. The molecule has 0 radical (unpaired) electrons. The van der Waals surface area contributed by atoms with Gasteiger partial charge in [0.1, 0.15) is 11.4 Å². The van der Waals surface area contributed by atoms with E-state index in [0.717, 1.165) is 0 Å². The summed E-state index contributed by atoms with van der Waals surface area (Å²) in [6, 6.07) is 6.96. The number of pyridine rings is 1. The molecule has 0 aliphatic heterocycles. The Morgan fingerprint density at radius 2 is 2.03 bits per heavy atom. The maximum absolute atomic E-state index is 12.4. The van der Waals surface area contributed by atoms with Crippen LogP contribution in [0.15, 0.2) is 42.7 Å². The zero-order chi connectivity index (χ0) is 21.8. The van der Waals surface area contributed by atoms with Crippen molar-refractivity contribution in [2.75, 3.05) is 0 Å². The van der Waals surface area contributed by atoms with Crippen LogP contribution in [0.25, 0.3) is 11.3 Å². The molecule has 3 rings (SSSR count). The van der Waals surface area contributed by atoms with Crippen molar-refractivity contribution >= 4 is 29.4 Å². The molecule has 4 N–H and O–H groups in total. The van der Waals surface area contributed by atoms with E-state index in [9.17, 15) is 14.4 Å². The van der Waals surface area contributed by atoms with Crippen molar-refractivity contribution in [3.05, 3.63) is 64.6 Å². The van der Waals surface area contributed by atoms with E-state index in [0.29, 0.717) is 17.8 Å². The van der Waals surface area contributed by atoms with Gasteiger partial charge in [-0.05, 0) is 37.3 Å². The van der Waals surface area contributed by atoms with Crippen molar-refractivity contribution in [2.45, 2.75) is 19.5 Å². The summed E-state index contributed by atoms with van der Waals surface area (Å²) in [5.41, 5.74) is 6.58. The standard InChI is InChI=1S/C19H17ClN6O4/c1-10(23-18(28)12-2-3-13(17(21)27)14(20)6-12)8-26-9-16(24-25-26)11-4-5-22-15(7-11)19(29)30/h2-7,9-10H,8H2,1H3,(H2,21,27)(H,23,28)(H,29,30)/t10-/m0/s1. The Hall–Kier alpha value is -3.79. The molecule has 10 nitrogen and oxygen atoms in total. The predicted octanol–water partition coefficient (Wildman–Crippen LogP) is 1.61. The topological polar surface area (TPSA) is 153 Å². The van der Waals surface area contributed by atoms with Crippen molar-refractivity contribution in [3.8, 4) is 11.3 Å². The lowest BCUT2D eigenvalue weighted by atomic mass is 10.1. The summed E-state index contributed by atoms with van der Waals surface area (Å²) in [6.07, 6.45) is 3.03. The van der Waals surface area contributed by atoms with E-state index in [1.54, 1.807) is 19.2 Å². The van der Waals surface area contributed by atoms with Crippen LogP contribution in [0.4, 0.5) is 0 Å². The molecule has 11 heteroatoms. The van der Waals surface area contributed by atoms with E-state index in [4.69, 9.17) is 22.4 Å². The molecule has 1 aromatic carbocycles. The third-order valence-electron chi connectivity index (χ3n) is 4.15. The second kappa shape index (κ2) is 8.70. The van der Waals surface area contributed by atoms with E-state index in [1.165, 1.54) is 35.1 Å². The van der Waals surface area contributed by atoms with Crippen molar-refractivity contribution in [3.63, 3.8) is 0 Å².